The molecule has 7 rings (SSSR count). The summed E-state index contributed by atoms with van der Waals surface area (Å²) >= 11 is 0. The fourth-order valence-electron chi connectivity index (χ4n) is 8.78. The van der Waals surface area contributed by atoms with Crippen LogP contribution in [-0.2, 0) is 24.5 Å². The second-order valence-electron chi connectivity index (χ2n) is 12.0. The van der Waals surface area contributed by atoms with Gasteiger partial charge < -0.3 is 19.5 Å². The van der Waals surface area contributed by atoms with Gasteiger partial charge in [-0.2, -0.15) is 0 Å². The Bertz CT molecular complexity index is 1550. The van der Waals surface area contributed by atoms with Crippen LogP contribution in [-0.4, -0.2) is 64.8 Å². The summed E-state index contributed by atoms with van der Waals surface area (Å²) in [4.78, 5) is 50.4. The number of nitrogens with one attached hydrogen (secondary N) is 1. The number of piperidine rings is 2. The van der Waals surface area contributed by atoms with Crippen molar-refractivity contribution in [2.45, 2.75) is 55.9 Å². The first-order valence-corrected chi connectivity index (χ1v) is 14.1. The Balaban J connectivity index is 1.39. The van der Waals surface area contributed by atoms with Crippen molar-refractivity contribution in [2.24, 2.45) is 17.8 Å². The Morgan fingerprint density at radius 2 is 1.90 bits per heavy atom. The number of nitrogens with zero attached hydrogens (tertiary/aromatic N) is 3. The van der Waals surface area contributed by atoms with Crippen LogP contribution in [0.1, 0.15) is 43.7 Å². The van der Waals surface area contributed by atoms with E-state index in [0.29, 0.717) is 37.9 Å². The Morgan fingerprint density at radius 1 is 1.12 bits per heavy atom. The highest BCUT2D eigenvalue weighted by Crippen LogP contribution is 2.67. The van der Waals surface area contributed by atoms with Gasteiger partial charge in [-0.15, -0.1) is 0 Å². The summed E-state index contributed by atoms with van der Waals surface area (Å²) in [5, 5.41) is 27.8. The molecule has 7 atom stereocenters. The molecule has 13 heteroatoms. The zero-order valence-electron chi connectivity index (χ0n) is 23.1. The molecular formula is C29H30N4O9. The van der Waals surface area contributed by atoms with Gasteiger partial charge in [0.1, 0.15) is 6.10 Å². The fraction of sp³-hybridized carbons (Fsp3) is 0.517. The number of non-ortho nitro benzene ring substituents is 1. The minimum atomic E-state index is -1.22. The predicted octanol–water partition coefficient (Wildman–Crippen LogP) is 3.53. The Kier molecular flexibility index (Phi) is 5.78. The van der Waals surface area contributed by atoms with Gasteiger partial charge in [-0.1, -0.05) is 18.2 Å². The number of ether oxygens (including phenoxy) is 3. The number of carbonyl (C=O) groups is 2. The van der Waals surface area contributed by atoms with Gasteiger partial charge in [0.2, 0.25) is 11.5 Å². The Morgan fingerprint density at radius 3 is 2.62 bits per heavy atom. The Hall–Kier alpha value is -4.26. The van der Waals surface area contributed by atoms with Crippen molar-refractivity contribution < 1.29 is 33.6 Å². The van der Waals surface area contributed by atoms with Gasteiger partial charge in [-0.25, -0.2) is 0 Å². The molecule has 2 aromatic carbocycles. The molecule has 42 heavy (non-hydrogen) atoms. The van der Waals surface area contributed by atoms with Crippen LogP contribution < -0.4 is 10.1 Å². The van der Waals surface area contributed by atoms with E-state index in [2.05, 4.69) is 10.2 Å². The van der Waals surface area contributed by atoms with Crippen LogP contribution in [0, 0.1) is 38.0 Å². The fourth-order valence-corrected chi connectivity index (χ4v) is 8.78. The average Bonchev–Trinajstić information content (AvgIpc) is 3.42. The first-order valence-electron chi connectivity index (χ1n) is 14.1. The second kappa shape index (κ2) is 9.12. The zero-order chi connectivity index (χ0) is 29.6. The predicted molar refractivity (Wildman–Crippen MR) is 146 cm³/mol. The van der Waals surface area contributed by atoms with Crippen molar-refractivity contribution in [1.29, 1.82) is 0 Å². The van der Waals surface area contributed by atoms with Gasteiger partial charge in [0.15, 0.2) is 0 Å². The highest BCUT2D eigenvalue weighted by Gasteiger charge is 2.74. The molecule has 13 nitrogen and oxygen atoms in total. The number of nitro benzene ring substituents is 2. The van der Waals surface area contributed by atoms with Crippen LogP contribution in [0.25, 0.3) is 0 Å². The molecular weight excluding hydrogens is 548 g/mol. The number of nitro groups is 2. The van der Waals surface area contributed by atoms with E-state index in [1.807, 2.05) is 24.3 Å². The lowest BCUT2D eigenvalue weighted by Crippen LogP contribution is -2.73. The van der Waals surface area contributed by atoms with Gasteiger partial charge >= 0.3 is 17.6 Å². The van der Waals surface area contributed by atoms with Gasteiger partial charge in [0.05, 0.1) is 40.4 Å². The van der Waals surface area contributed by atoms with E-state index in [4.69, 9.17) is 14.2 Å². The number of fused-ring (bicyclic) bond motifs is 4. The van der Waals surface area contributed by atoms with E-state index in [-0.39, 0.29) is 29.3 Å². The first-order chi connectivity index (χ1) is 20.1. The molecule has 4 heterocycles. The maximum Gasteiger partial charge on any atom is 0.318 e. The molecule has 0 spiro atoms. The smallest absolute Gasteiger partial charge is 0.318 e. The van der Waals surface area contributed by atoms with Crippen molar-refractivity contribution in [2.75, 3.05) is 25.5 Å². The normalized spacial score (nSPS) is 33.7. The molecule has 1 saturated carbocycles. The summed E-state index contributed by atoms with van der Waals surface area (Å²) < 4.78 is 17.6. The number of anilines is 1. The van der Waals surface area contributed by atoms with Crippen molar-refractivity contribution >= 4 is 29.0 Å². The summed E-state index contributed by atoms with van der Waals surface area (Å²) in [5.41, 5.74) is -0.904. The highest BCUT2D eigenvalue weighted by molar-refractivity contribution is 5.77. The van der Waals surface area contributed by atoms with Crippen LogP contribution in [0.4, 0.5) is 17.1 Å². The number of esters is 2. The number of hydrogen-bond acceptors (Lipinski definition) is 11. The molecule has 1 aliphatic carbocycles. The molecule has 0 unspecified atom stereocenters. The van der Waals surface area contributed by atoms with Gasteiger partial charge in [0, 0.05) is 37.3 Å². The molecule has 3 fully saturated rings. The third kappa shape index (κ3) is 3.39. The lowest BCUT2D eigenvalue weighted by atomic mass is 9.58. The molecule has 0 bridgehead atoms. The molecule has 0 aromatic heterocycles. The van der Waals surface area contributed by atoms with Crippen molar-refractivity contribution in [3.05, 3.63) is 67.8 Å². The van der Waals surface area contributed by atoms with E-state index >= 15 is 0 Å². The lowest BCUT2D eigenvalue weighted by Gasteiger charge is -2.59. The number of benzene rings is 2. The van der Waals surface area contributed by atoms with E-state index in [0.717, 1.165) is 23.7 Å². The monoisotopic (exact) mass is 578 g/mol. The summed E-state index contributed by atoms with van der Waals surface area (Å²) in [7, 11) is 1.33. The minimum absolute atomic E-state index is 0.0301. The van der Waals surface area contributed by atoms with Crippen LogP contribution in [0.2, 0.25) is 0 Å². The molecule has 220 valence electrons. The molecule has 4 aliphatic heterocycles. The number of hydrogen-bond donors (Lipinski definition) is 1. The molecule has 5 aliphatic rings. The average molecular weight is 579 g/mol. The molecule has 2 saturated heterocycles. The maximum absolute atomic E-state index is 13.2. The topological polar surface area (TPSA) is 163 Å². The molecule has 2 aromatic rings. The molecule has 1 N–H and O–H groups in total. The highest BCUT2D eigenvalue weighted by atomic mass is 16.6. The van der Waals surface area contributed by atoms with Gasteiger partial charge in [-0.3, -0.25) is 34.7 Å². The largest absolute Gasteiger partial charge is 0.469 e. The van der Waals surface area contributed by atoms with Crippen LogP contribution in [0.15, 0.2) is 36.4 Å². The van der Waals surface area contributed by atoms with E-state index in [9.17, 15) is 29.8 Å². The summed E-state index contributed by atoms with van der Waals surface area (Å²) in [6, 6.07) is 9.65. The first kappa shape index (κ1) is 26.6. The lowest BCUT2D eigenvalue weighted by molar-refractivity contribution is -0.394. The van der Waals surface area contributed by atoms with Crippen LogP contribution >= 0.6 is 0 Å². The Labute approximate surface area is 240 Å². The quantitative estimate of drug-likeness (QED) is 0.321. The summed E-state index contributed by atoms with van der Waals surface area (Å²) in [6.07, 6.45) is 1.69. The number of rotatable bonds is 4. The summed E-state index contributed by atoms with van der Waals surface area (Å²) in [6.45, 7) is 2.61. The third-order valence-electron chi connectivity index (χ3n) is 10.3. The van der Waals surface area contributed by atoms with Gasteiger partial charge in [0.25, 0.3) is 5.69 Å². The van der Waals surface area contributed by atoms with Crippen LogP contribution in [0.3, 0.4) is 0 Å². The minimum Gasteiger partial charge on any atom is -0.469 e. The van der Waals surface area contributed by atoms with Crippen LogP contribution in [0.5, 0.6) is 5.75 Å². The maximum atomic E-state index is 13.2. The SMILES string of the molecule is COC(=O)[C@@H]1[C@H]2C[C@@H]3N(CC[C@]45c6ccccc6N[C@]34Oc3c([N+](=O)[O-])cc([N+](=O)[O-])cc35)C[C@@H]2CC[C@@H]1OC(C)=O. The van der Waals surface area contributed by atoms with E-state index in [1.54, 1.807) is 0 Å². The third-order valence-corrected chi connectivity index (χ3v) is 10.3. The number of para-hydroxylation sites is 1. The van der Waals surface area contributed by atoms with Crippen molar-refractivity contribution in [3.63, 3.8) is 0 Å². The standard InChI is InChI=1S/C29H30N4O9/c1-15(34)41-23-8-7-16-14-31-10-9-28-19-5-3-4-6-21(19)30-29(28,24(31)13-18(16)25(23)27(35)40-2)42-26-20(28)11-17(32(36)37)12-22(26)33(38)39/h3-6,11-12,16,18,23-25,30H,7-10,13-14H2,1-2H3/t16-,18-,23-,24-,25+,28+,29-/m0/s1. The van der Waals surface area contributed by atoms with E-state index in [1.165, 1.54) is 20.1 Å². The van der Waals surface area contributed by atoms with E-state index < -0.39 is 50.6 Å². The summed E-state index contributed by atoms with van der Waals surface area (Å²) in [5.74, 6) is -1.60. The van der Waals surface area contributed by atoms with Crippen molar-refractivity contribution in [1.82, 2.24) is 4.90 Å². The number of methoxy groups -OCH3 is 1. The van der Waals surface area contributed by atoms with Gasteiger partial charge in [-0.05, 0) is 49.1 Å². The number of carbonyl (C=O) groups excluding carboxylic acids is 2. The molecule has 0 radical (unpaired) electrons. The zero-order valence-corrected chi connectivity index (χ0v) is 23.1. The second-order valence-corrected chi connectivity index (χ2v) is 12.0. The van der Waals surface area contributed by atoms with Crippen molar-refractivity contribution in [3.8, 4) is 5.75 Å². The molecule has 0 amide bonds.